The summed E-state index contributed by atoms with van der Waals surface area (Å²) in [6, 6.07) is 66.6. The van der Waals surface area contributed by atoms with Crippen LogP contribution in [0, 0.1) is 0 Å². The summed E-state index contributed by atoms with van der Waals surface area (Å²) in [7, 11) is 0. The molecule has 2 radical (unpaired) electrons. The van der Waals surface area contributed by atoms with E-state index in [9.17, 15) is 0 Å². The maximum atomic E-state index is 8.07. The van der Waals surface area contributed by atoms with Gasteiger partial charge in [-0.15, -0.1) is 0 Å². The fourth-order valence-corrected chi connectivity index (χ4v) is 68.6. The Balaban J connectivity index is 0.00000102. The molecule has 0 unspecified atom stereocenters. The van der Waals surface area contributed by atoms with Crippen molar-refractivity contribution in [3.8, 4) is 0 Å². The first-order valence-corrected chi connectivity index (χ1v) is 38.1. The van der Waals surface area contributed by atoms with Crippen molar-refractivity contribution >= 4 is 91.0 Å². The Labute approximate surface area is 375 Å². The van der Waals surface area contributed by atoms with Crippen LogP contribution in [0.2, 0.25) is 0 Å². The van der Waals surface area contributed by atoms with Gasteiger partial charge in [0, 0.05) is 6.61 Å². The van der Waals surface area contributed by atoms with Crippen LogP contribution in [-0.2, 0) is 53.6 Å². The first kappa shape index (κ1) is 53.7. The molecule has 0 aliphatic heterocycles. The number of thiol groups is 2. The minimum atomic E-state index is -1.71. The third-order valence-corrected chi connectivity index (χ3v) is 63.6. The maximum absolute atomic E-state index is 8.07. The molecule has 0 bridgehead atoms. The summed E-state index contributed by atoms with van der Waals surface area (Å²) in [5, 5.41) is 8.07. The van der Waals surface area contributed by atoms with Crippen molar-refractivity contribution in [2.45, 2.75) is 61.2 Å². The number of unbranched alkanes of at least 4 members (excludes halogenated alkanes) is 1. The molecule has 7 heteroatoms. The van der Waals surface area contributed by atoms with E-state index in [0.29, 0.717) is 6.61 Å². The number of aliphatic hydroxyl groups excluding tert-OH is 1. The topological polar surface area (TPSA) is 20.2 Å². The van der Waals surface area contributed by atoms with Crippen molar-refractivity contribution in [3.05, 3.63) is 215 Å². The van der Waals surface area contributed by atoms with Crippen molar-refractivity contribution in [2.75, 3.05) is 6.61 Å². The van der Waals surface area contributed by atoms with Gasteiger partial charge in [-0.05, 0) is 6.42 Å². The first-order chi connectivity index (χ1) is 25.2. The molecule has 0 aliphatic rings. The summed E-state index contributed by atoms with van der Waals surface area (Å²) in [5.41, 5.74) is 9.20. The van der Waals surface area contributed by atoms with Crippen LogP contribution in [0.3, 0.4) is 0 Å². The van der Waals surface area contributed by atoms with Gasteiger partial charge in [-0.2, -0.15) is 0 Å². The molecule has 0 spiro atoms. The molecule has 6 aromatic carbocycles. The molecule has 6 rings (SSSR count). The molecular formula is C48H62OS3Sn3. The van der Waals surface area contributed by atoms with Gasteiger partial charge >= 0.3 is 306 Å². The Bertz CT molecular complexity index is 1480. The van der Waals surface area contributed by atoms with Gasteiger partial charge in [-0.25, -0.2) is 0 Å². The zero-order valence-corrected chi connectivity index (χ0v) is 42.1. The minimum absolute atomic E-state index is 0. The SMILES string of the molecule is C.C.CCCCO.[SH-].[SH-].c1ccc([CH2][Sn+][CH2]c2ccccc2)cc1.c1ccc([CH2][Sn]([CH2]c2ccccc2)[S][Sn+]([CH2]c2ccccc2)[CH2]c2ccccc2)cc1. The zero-order valence-electron chi connectivity index (χ0n) is 30.9. The Hall–Kier alpha value is -1.27. The Kier molecular flexibility index (Phi) is 33.9. The normalized spacial score (nSPS) is 9.58. The third kappa shape index (κ3) is 24.3. The Morgan fingerprint density at radius 2 is 0.764 bits per heavy atom. The van der Waals surface area contributed by atoms with Crippen LogP contribution < -0.4 is 0 Å². The molecule has 0 saturated carbocycles. The van der Waals surface area contributed by atoms with Gasteiger partial charge in [0.05, 0.1) is 0 Å². The number of benzene rings is 6. The third-order valence-electron chi connectivity index (χ3n) is 8.12. The molecule has 1 N–H and O–H groups in total. The van der Waals surface area contributed by atoms with E-state index in [1.807, 2.05) is 0 Å². The molecule has 290 valence electrons. The molecule has 0 saturated heterocycles. The van der Waals surface area contributed by atoms with E-state index in [2.05, 4.69) is 195 Å². The van der Waals surface area contributed by atoms with E-state index in [0.717, 1.165) is 12.8 Å². The van der Waals surface area contributed by atoms with Gasteiger partial charge in [0.1, 0.15) is 0 Å². The van der Waals surface area contributed by atoms with Crippen molar-refractivity contribution in [3.63, 3.8) is 0 Å². The summed E-state index contributed by atoms with van der Waals surface area (Å²) < 4.78 is 8.07. The van der Waals surface area contributed by atoms with Gasteiger partial charge in [0.15, 0.2) is 0 Å². The average Bonchev–Trinajstić information content (AvgIpc) is 3.18. The number of hydrogen-bond donors (Lipinski definition) is 1. The molecule has 1 nitrogen and oxygen atoms in total. The molecule has 0 aliphatic carbocycles. The average molecular weight is 1110 g/mol. The number of rotatable bonds is 16. The summed E-state index contributed by atoms with van der Waals surface area (Å²) >= 11 is -3.68. The molecule has 6 aromatic rings. The van der Waals surface area contributed by atoms with Crippen molar-refractivity contribution < 1.29 is 5.11 Å². The van der Waals surface area contributed by atoms with Crippen LogP contribution in [0.1, 0.15) is 68.0 Å². The van der Waals surface area contributed by atoms with E-state index < -0.39 is 36.8 Å². The van der Waals surface area contributed by atoms with Crippen molar-refractivity contribution in [1.82, 2.24) is 0 Å². The molecule has 55 heavy (non-hydrogen) atoms. The molecular weight excluding hydrogens is 1040 g/mol. The van der Waals surface area contributed by atoms with E-state index in [1.54, 1.807) is 22.3 Å². The van der Waals surface area contributed by atoms with Crippen molar-refractivity contribution in [2.24, 2.45) is 0 Å². The zero-order chi connectivity index (χ0) is 35.6. The standard InChI is InChI=1S/6C7H7.C4H10O.2CH4.2H2S.S.3Sn/c6*1-7-5-3-2-4-6-7;1-2-3-4-5;;;;;;;;/h6*2-6H,1H2;5H,2-4H2,1H3;2*1H4;2*1H2;;;;/q;;;;;;;;;;;;;2*+1/p-2. The van der Waals surface area contributed by atoms with Gasteiger partial charge in [0.2, 0.25) is 0 Å². The van der Waals surface area contributed by atoms with Crippen LogP contribution in [-0.4, -0.2) is 69.6 Å². The second-order valence-corrected chi connectivity index (χ2v) is 47.5. The quantitative estimate of drug-likeness (QED) is 0.0592. The van der Waals surface area contributed by atoms with Crippen molar-refractivity contribution in [1.29, 1.82) is 0 Å². The Morgan fingerprint density at radius 3 is 1.04 bits per heavy atom. The monoisotopic (exact) mass is 1110 g/mol. The second-order valence-electron chi connectivity index (χ2n) is 12.5. The summed E-state index contributed by atoms with van der Waals surface area (Å²) in [6.45, 7) is 2.40. The van der Waals surface area contributed by atoms with Gasteiger partial charge < -0.3 is 32.1 Å². The first-order valence-electron chi connectivity index (χ1n) is 18.1. The molecule has 0 heterocycles. The van der Waals surface area contributed by atoms with E-state index >= 15 is 0 Å². The summed E-state index contributed by atoms with van der Waals surface area (Å²) in [5.74, 6) is 0. The molecule has 0 atom stereocenters. The summed E-state index contributed by atoms with van der Waals surface area (Å²) in [6.07, 6.45) is 4.60. The van der Waals surface area contributed by atoms with Crippen LogP contribution >= 0.6 is 6.13 Å². The summed E-state index contributed by atoms with van der Waals surface area (Å²) in [4.78, 5) is 0. The van der Waals surface area contributed by atoms with E-state index in [-0.39, 0.29) is 63.0 Å². The molecule has 0 fully saturated rings. The van der Waals surface area contributed by atoms with Crippen LogP contribution in [0.5, 0.6) is 0 Å². The van der Waals surface area contributed by atoms with Gasteiger partial charge in [-0.1, -0.05) is 28.2 Å². The van der Waals surface area contributed by atoms with Gasteiger partial charge in [-0.3, -0.25) is 0 Å². The second kappa shape index (κ2) is 34.7. The molecule has 0 amide bonds. The predicted molar refractivity (Wildman–Crippen MR) is 259 cm³/mol. The fourth-order valence-electron chi connectivity index (χ4n) is 5.47. The fraction of sp³-hybridized carbons (Fsp3) is 0.250. The van der Waals surface area contributed by atoms with Crippen LogP contribution in [0.25, 0.3) is 0 Å². The predicted octanol–water partition coefficient (Wildman–Crippen LogP) is 11.4. The van der Waals surface area contributed by atoms with E-state index in [1.165, 1.54) is 37.7 Å². The number of aliphatic hydroxyl groups is 1. The van der Waals surface area contributed by atoms with Crippen LogP contribution in [0.15, 0.2) is 182 Å². The van der Waals surface area contributed by atoms with Crippen LogP contribution in [0.4, 0.5) is 0 Å². The van der Waals surface area contributed by atoms with Gasteiger partial charge in [0.25, 0.3) is 0 Å². The number of hydrogen-bond acceptors (Lipinski definition) is 4. The molecule has 0 aromatic heterocycles. The Morgan fingerprint density at radius 1 is 0.473 bits per heavy atom. The van der Waals surface area contributed by atoms with E-state index in [4.69, 9.17) is 5.11 Å².